The van der Waals surface area contributed by atoms with Crippen molar-refractivity contribution in [3.8, 4) is 5.75 Å². The standard InChI is InChI=1S/C22H31N5O3/c28-21(23-11-15-25-12-4-5-13-25)18-8-9-20-24-27(22(29)26(20)14-10-18)16-17-30-19-6-2-1-3-7-19/h1-3,6-7,18H,4-5,8-17H2,(H,23,28). The zero-order chi connectivity index (χ0) is 20.8. The molecule has 1 atom stereocenters. The summed E-state index contributed by atoms with van der Waals surface area (Å²) < 4.78 is 8.88. The monoisotopic (exact) mass is 413 g/mol. The molecule has 2 aliphatic rings. The predicted octanol–water partition coefficient (Wildman–Crippen LogP) is 1.29. The van der Waals surface area contributed by atoms with E-state index in [2.05, 4.69) is 15.3 Å². The van der Waals surface area contributed by atoms with Crippen LogP contribution in [0.3, 0.4) is 0 Å². The summed E-state index contributed by atoms with van der Waals surface area (Å²) in [5.74, 6) is 1.60. The fraction of sp³-hybridized carbons (Fsp3) is 0.591. The van der Waals surface area contributed by atoms with E-state index in [1.165, 1.54) is 17.5 Å². The fourth-order valence-electron chi connectivity index (χ4n) is 4.29. The number of fused-ring (bicyclic) bond motifs is 1. The lowest BCUT2D eigenvalue weighted by Gasteiger charge is -2.17. The van der Waals surface area contributed by atoms with Crippen LogP contribution in [0.5, 0.6) is 5.75 Å². The van der Waals surface area contributed by atoms with Crippen LogP contribution in [0.2, 0.25) is 0 Å². The van der Waals surface area contributed by atoms with Crippen molar-refractivity contribution >= 4 is 5.91 Å². The van der Waals surface area contributed by atoms with Crippen molar-refractivity contribution in [1.29, 1.82) is 0 Å². The first-order valence-corrected chi connectivity index (χ1v) is 11.0. The third kappa shape index (κ3) is 5.11. The van der Waals surface area contributed by atoms with Gasteiger partial charge in [-0.15, -0.1) is 0 Å². The minimum Gasteiger partial charge on any atom is -0.492 e. The van der Waals surface area contributed by atoms with Gasteiger partial charge in [0.15, 0.2) is 0 Å². The number of ether oxygens (including phenoxy) is 1. The first-order chi connectivity index (χ1) is 14.7. The van der Waals surface area contributed by atoms with Crippen molar-refractivity contribution in [1.82, 2.24) is 24.6 Å². The second kappa shape index (κ2) is 9.93. The molecule has 8 heteroatoms. The van der Waals surface area contributed by atoms with Crippen molar-refractivity contribution in [2.24, 2.45) is 5.92 Å². The Morgan fingerprint density at radius 2 is 1.90 bits per heavy atom. The topological polar surface area (TPSA) is 81.4 Å². The van der Waals surface area contributed by atoms with Crippen molar-refractivity contribution in [3.63, 3.8) is 0 Å². The van der Waals surface area contributed by atoms with Crippen LogP contribution in [0, 0.1) is 5.92 Å². The Bertz CT molecular complexity index is 886. The third-order valence-corrected chi connectivity index (χ3v) is 6.03. The molecular weight excluding hydrogens is 382 g/mol. The van der Waals surface area contributed by atoms with E-state index in [4.69, 9.17) is 4.74 Å². The molecule has 1 N–H and O–H groups in total. The molecule has 2 aromatic rings. The summed E-state index contributed by atoms with van der Waals surface area (Å²) in [4.78, 5) is 27.7. The van der Waals surface area contributed by atoms with Crippen molar-refractivity contribution in [2.75, 3.05) is 32.8 Å². The normalized spacial score (nSPS) is 19.3. The number of aromatic nitrogens is 3. The summed E-state index contributed by atoms with van der Waals surface area (Å²) >= 11 is 0. The van der Waals surface area contributed by atoms with E-state index in [-0.39, 0.29) is 17.5 Å². The fourth-order valence-corrected chi connectivity index (χ4v) is 4.29. The molecule has 1 aromatic heterocycles. The van der Waals surface area contributed by atoms with Crippen molar-refractivity contribution in [3.05, 3.63) is 46.6 Å². The van der Waals surface area contributed by atoms with Gasteiger partial charge in [-0.1, -0.05) is 18.2 Å². The molecule has 3 heterocycles. The van der Waals surface area contributed by atoms with E-state index < -0.39 is 0 Å². The quantitative estimate of drug-likeness (QED) is 0.705. The lowest BCUT2D eigenvalue weighted by Crippen LogP contribution is -2.37. The summed E-state index contributed by atoms with van der Waals surface area (Å²) in [7, 11) is 0. The van der Waals surface area contributed by atoms with Gasteiger partial charge >= 0.3 is 5.69 Å². The van der Waals surface area contributed by atoms with E-state index in [1.54, 1.807) is 4.57 Å². The highest BCUT2D eigenvalue weighted by atomic mass is 16.5. The number of carbonyl (C=O) groups is 1. The number of aryl methyl sites for hydroxylation is 1. The Kier molecular flexibility index (Phi) is 6.84. The highest BCUT2D eigenvalue weighted by Gasteiger charge is 2.25. The van der Waals surface area contributed by atoms with Crippen LogP contribution >= 0.6 is 0 Å². The van der Waals surface area contributed by atoms with E-state index in [9.17, 15) is 9.59 Å². The molecule has 1 aromatic carbocycles. The second-order valence-corrected chi connectivity index (χ2v) is 8.10. The number of para-hydroxylation sites is 1. The number of hydrogen-bond acceptors (Lipinski definition) is 5. The predicted molar refractivity (Wildman–Crippen MR) is 114 cm³/mol. The van der Waals surface area contributed by atoms with Crippen molar-refractivity contribution in [2.45, 2.75) is 45.2 Å². The molecule has 1 saturated heterocycles. The molecular formula is C22H31N5O3. The average molecular weight is 414 g/mol. The zero-order valence-electron chi connectivity index (χ0n) is 17.5. The smallest absolute Gasteiger partial charge is 0.346 e. The molecule has 1 fully saturated rings. The summed E-state index contributed by atoms with van der Waals surface area (Å²) in [5.41, 5.74) is -0.114. The molecule has 0 saturated carbocycles. The maximum atomic E-state index is 12.7. The maximum absolute atomic E-state index is 12.7. The maximum Gasteiger partial charge on any atom is 0.346 e. The van der Waals surface area contributed by atoms with Gasteiger partial charge in [0.2, 0.25) is 5.91 Å². The average Bonchev–Trinajstić information content (AvgIpc) is 3.31. The Hall–Kier alpha value is -2.61. The summed E-state index contributed by atoms with van der Waals surface area (Å²) in [6.07, 6.45) is 4.57. The van der Waals surface area contributed by atoms with E-state index in [0.717, 1.165) is 37.6 Å². The van der Waals surface area contributed by atoms with Gasteiger partial charge < -0.3 is 15.0 Å². The van der Waals surface area contributed by atoms with Gasteiger partial charge in [0.1, 0.15) is 18.2 Å². The molecule has 1 amide bonds. The summed E-state index contributed by atoms with van der Waals surface area (Å²) in [6.45, 7) is 5.25. The second-order valence-electron chi connectivity index (χ2n) is 8.10. The van der Waals surface area contributed by atoms with Crippen LogP contribution in [0.25, 0.3) is 0 Å². The van der Waals surface area contributed by atoms with Crippen LogP contribution in [0.4, 0.5) is 0 Å². The number of hydrogen-bond donors (Lipinski definition) is 1. The lowest BCUT2D eigenvalue weighted by molar-refractivity contribution is -0.125. The molecule has 0 radical (unpaired) electrons. The number of rotatable bonds is 8. The van der Waals surface area contributed by atoms with Gasteiger partial charge in [0, 0.05) is 32.0 Å². The molecule has 2 aliphatic heterocycles. The van der Waals surface area contributed by atoms with Gasteiger partial charge in [0.05, 0.1) is 6.54 Å². The van der Waals surface area contributed by atoms with Gasteiger partial charge in [0.25, 0.3) is 0 Å². The van der Waals surface area contributed by atoms with Gasteiger partial charge in [-0.05, 0) is 50.9 Å². The Morgan fingerprint density at radius 1 is 1.10 bits per heavy atom. The largest absolute Gasteiger partial charge is 0.492 e. The van der Waals surface area contributed by atoms with Crippen LogP contribution in [-0.4, -0.2) is 57.9 Å². The number of nitrogens with zero attached hydrogens (tertiary/aromatic N) is 4. The number of nitrogens with one attached hydrogen (secondary N) is 1. The molecule has 0 aliphatic carbocycles. The number of amides is 1. The molecule has 162 valence electrons. The van der Waals surface area contributed by atoms with Gasteiger partial charge in [-0.25, -0.2) is 9.48 Å². The number of carbonyl (C=O) groups excluding carboxylic acids is 1. The van der Waals surface area contributed by atoms with E-state index in [1.807, 2.05) is 30.3 Å². The SMILES string of the molecule is O=C(NCCN1CCCC1)C1CCc2nn(CCOc3ccccc3)c(=O)n2CC1. The Balaban J connectivity index is 1.25. The minimum atomic E-state index is -0.114. The molecule has 0 bridgehead atoms. The van der Waals surface area contributed by atoms with Crippen LogP contribution in [0.1, 0.15) is 31.5 Å². The van der Waals surface area contributed by atoms with Crippen molar-refractivity contribution < 1.29 is 9.53 Å². The van der Waals surface area contributed by atoms with Crippen LogP contribution in [-0.2, 0) is 24.3 Å². The van der Waals surface area contributed by atoms with Crippen LogP contribution in [0.15, 0.2) is 35.1 Å². The van der Waals surface area contributed by atoms with Gasteiger partial charge in [-0.3, -0.25) is 9.36 Å². The first kappa shape index (κ1) is 20.7. The Morgan fingerprint density at radius 3 is 2.70 bits per heavy atom. The van der Waals surface area contributed by atoms with Gasteiger partial charge in [-0.2, -0.15) is 5.10 Å². The van der Waals surface area contributed by atoms with Crippen LogP contribution < -0.4 is 15.7 Å². The number of benzene rings is 1. The minimum absolute atomic E-state index is 0.0560. The Labute approximate surface area is 176 Å². The highest BCUT2D eigenvalue weighted by Crippen LogP contribution is 2.18. The molecule has 0 spiro atoms. The van der Waals surface area contributed by atoms with E-state index >= 15 is 0 Å². The zero-order valence-corrected chi connectivity index (χ0v) is 17.5. The highest BCUT2D eigenvalue weighted by molar-refractivity contribution is 5.78. The van der Waals surface area contributed by atoms with E-state index in [0.29, 0.717) is 39.1 Å². The lowest BCUT2D eigenvalue weighted by atomic mass is 9.99. The molecule has 1 unspecified atom stereocenters. The first-order valence-electron chi connectivity index (χ1n) is 11.0. The molecule has 30 heavy (non-hydrogen) atoms. The third-order valence-electron chi connectivity index (χ3n) is 6.03. The molecule has 4 rings (SSSR count). The molecule has 8 nitrogen and oxygen atoms in total. The summed E-state index contributed by atoms with van der Waals surface area (Å²) in [6, 6.07) is 9.55. The number of likely N-dealkylation sites (tertiary alicyclic amines) is 1. The summed E-state index contributed by atoms with van der Waals surface area (Å²) in [5, 5.41) is 7.58.